The van der Waals surface area contributed by atoms with E-state index in [-0.39, 0.29) is 75.8 Å². The van der Waals surface area contributed by atoms with Crippen LogP contribution in [-0.2, 0) is 0 Å². The molecule has 0 heterocycles. The van der Waals surface area contributed by atoms with Crippen LogP contribution in [0.2, 0.25) is 0 Å². The van der Waals surface area contributed by atoms with Crippen LogP contribution >= 0.6 is 0 Å². The molecule has 52 heavy (non-hydrogen) atoms. The molecule has 3 unspecified atom stereocenters. The van der Waals surface area contributed by atoms with Gasteiger partial charge in [0, 0.05) is 58.7 Å². The number of ketones is 2. The number of carbonyl (C=O) groups is 2. The van der Waals surface area contributed by atoms with Crippen molar-refractivity contribution in [1.82, 2.24) is 0 Å². The van der Waals surface area contributed by atoms with Crippen LogP contribution < -0.4 is 0 Å². The summed E-state index contributed by atoms with van der Waals surface area (Å²) in [5.41, 5.74) is -1.54. The van der Waals surface area contributed by atoms with Crippen LogP contribution in [0.1, 0.15) is 89.3 Å². The molecule has 5 rings (SSSR count). The van der Waals surface area contributed by atoms with E-state index in [2.05, 4.69) is 0 Å². The van der Waals surface area contributed by atoms with Gasteiger partial charge < -0.3 is 51.1 Å². The quantitative estimate of drug-likeness (QED) is 0.0477. The Morgan fingerprint density at radius 2 is 1.35 bits per heavy atom. The summed E-state index contributed by atoms with van der Waals surface area (Å²) in [6, 6.07) is 11.7. The van der Waals surface area contributed by atoms with Crippen molar-refractivity contribution >= 4 is 17.6 Å². The molecule has 272 valence electrons. The summed E-state index contributed by atoms with van der Waals surface area (Å²) in [5, 5.41) is 107. The Labute approximate surface area is 298 Å². The van der Waals surface area contributed by atoms with Crippen molar-refractivity contribution in [3.63, 3.8) is 0 Å². The fourth-order valence-electron chi connectivity index (χ4n) is 6.77. The fraction of sp³-hybridized carbons (Fsp3) is 0.250. The third-order valence-electron chi connectivity index (χ3n) is 9.29. The van der Waals surface area contributed by atoms with Crippen LogP contribution in [-0.4, -0.2) is 68.2 Å². The van der Waals surface area contributed by atoms with Gasteiger partial charge in [-0.05, 0) is 82.0 Å². The van der Waals surface area contributed by atoms with Gasteiger partial charge >= 0.3 is 0 Å². The maximum absolute atomic E-state index is 14.5. The number of hydrogen-bond acceptors (Lipinski definition) is 12. The molecular weight excluding hydrogens is 672 g/mol. The lowest BCUT2D eigenvalue weighted by molar-refractivity contribution is 0.0708. The Morgan fingerprint density at radius 3 is 1.94 bits per heavy atom. The lowest BCUT2D eigenvalue weighted by Crippen LogP contribution is -2.32. The van der Waals surface area contributed by atoms with Gasteiger partial charge in [-0.25, -0.2) is 0 Å². The van der Waals surface area contributed by atoms with Crippen LogP contribution in [0.15, 0.2) is 77.9 Å². The minimum atomic E-state index is -1.29. The monoisotopic (exact) mass is 712 g/mol. The molecule has 0 aliphatic heterocycles. The zero-order chi connectivity index (χ0) is 38.2. The largest absolute Gasteiger partial charge is 0.508 e. The lowest BCUT2D eigenvalue weighted by atomic mass is 9.65. The van der Waals surface area contributed by atoms with Crippen LogP contribution in [0.3, 0.4) is 0 Å². The van der Waals surface area contributed by atoms with E-state index in [1.807, 2.05) is 0 Å². The van der Waals surface area contributed by atoms with E-state index in [1.165, 1.54) is 56.3 Å². The number of phenolic OH excluding ortho intramolecular Hbond substituents is 9. The molecule has 10 N–H and O–H groups in total. The van der Waals surface area contributed by atoms with E-state index in [0.717, 1.165) is 24.3 Å². The standard InChI is InChI=1S/C40H40O12/c1-19-12-27(25-8-6-23(42)16-30(25)45)34(38(50)26-9-7-24(43)17-31(26)46)28(13-19)35-32(47)18-33(48)36(39(35)51)37(49)21(10-11-40(2,3)52)14-20-4-5-22(41)15-29(20)44/h4-9,13-18,27-28,34,41-48,51-52H,10-12H2,1-3H3/b21-14+. The summed E-state index contributed by atoms with van der Waals surface area (Å²) in [6.07, 6.45) is 2.97. The van der Waals surface area contributed by atoms with E-state index in [1.54, 1.807) is 13.0 Å². The Morgan fingerprint density at radius 1 is 0.750 bits per heavy atom. The Bertz CT molecular complexity index is 2120. The first-order chi connectivity index (χ1) is 24.4. The van der Waals surface area contributed by atoms with Gasteiger partial charge in [0.2, 0.25) is 0 Å². The zero-order valence-electron chi connectivity index (χ0n) is 28.6. The number of allylic oxidation sites excluding steroid dienone is 3. The first-order valence-electron chi connectivity index (χ1n) is 16.4. The van der Waals surface area contributed by atoms with E-state index < -0.39 is 63.5 Å². The highest BCUT2D eigenvalue weighted by Gasteiger charge is 2.44. The predicted molar refractivity (Wildman–Crippen MR) is 190 cm³/mol. The van der Waals surface area contributed by atoms with Gasteiger partial charge in [0.15, 0.2) is 11.6 Å². The molecule has 12 nitrogen and oxygen atoms in total. The second-order valence-corrected chi connectivity index (χ2v) is 13.8. The smallest absolute Gasteiger partial charge is 0.196 e. The molecule has 0 aromatic heterocycles. The number of aliphatic hydroxyl groups is 1. The highest BCUT2D eigenvalue weighted by molar-refractivity contribution is 6.15. The average Bonchev–Trinajstić information content (AvgIpc) is 3.02. The van der Waals surface area contributed by atoms with Crippen LogP contribution in [0.25, 0.3) is 6.08 Å². The van der Waals surface area contributed by atoms with Crippen molar-refractivity contribution in [1.29, 1.82) is 0 Å². The molecule has 12 heteroatoms. The lowest BCUT2D eigenvalue weighted by Gasteiger charge is -2.37. The number of benzene rings is 4. The highest BCUT2D eigenvalue weighted by atomic mass is 16.3. The average molecular weight is 713 g/mol. The molecule has 0 radical (unpaired) electrons. The molecule has 0 bridgehead atoms. The number of Topliss-reactive ketones (excluding diaryl/α,β-unsaturated/α-hetero) is 2. The second-order valence-electron chi connectivity index (χ2n) is 13.8. The third kappa shape index (κ3) is 7.62. The van der Waals surface area contributed by atoms with Gasteiger partial charge in [0.25, 0.3) is 0 Å². The highest BCUT2D eigenvalue weighted by Crippen LogP contribution is 2.54. The fourth-order valence-corrected chi connectivity index (χ4v) is 6.77. The number of phenols is 9. The molecule has 4 aromatic rings. The zero-order valence-corrected chi connectivity index (χ0v) is 28.6. The molecular formula is C40H40O12. The number of rotatable bonds is 10. The van der Waals surface area contributed by atoms with Crippen molar-refractivity contribution in [2.24, 2.45) is 5.92 Å². The number of aromatic hydroxyl groups is 9. The molecule has 0 spiro atoms. The molecule has 1 aliphatic carbocycles. The van der Waals surface area contributed by atoms with Crippen molar-refractivity contribution in [2.75, 3.05) is 0 Å². The molecule has 0 amide bonds. The Balaban J connectivity index is 1.73. The Kier molecular flexibility index (Phi) is 10.2. The minimum Gasteiger partial charge on any atom is -0.508 e. The van der Waals surface area contributed by atoms with E-state index >= 15 is 0 Å². The summed E-state index contributed by atoms with van der Waals surface area (Å²) < 4.78 is 0. The molecule has 0 saturated carbocycles. The first kappa shape index (κ1) is 37.1. The SMILES string of the molecule is CC1=CC(c2c(O)cc(O)c(C(=O)/C(=C/c3ccc(O)cc3O)CCC(C)(C)O)c2O)C(C(=O)c2ccc(O)cc2O)C(c2ccc(O)cc2O)C1. The van der Waals surface area contributed by atoms with Gasteiger partial charge in [-0.15, -0.1) is 0 Å². The van der Waals surface area contributed by atoms with Crippen LogP contribution in [0, 0.1) is 5.92 Å². The molecule has 1 aliphatic rings. The van der Waals surface area contributed by atoms with Gasteiger partial charge in [-0.1, -0.05) is 17.7 Å². The van der Waals surface area contributed by atoms with Crippen molar-refractivity contribution in [3.8, 4) is 51.7 Å². The summed E-state index contributed by atoms with van der Waals surface area (Å²) in [7, 11) is 0. The normalized spacial score (nSPS) is 17.8. The van der Waals surface area contributed by atoms with Gasteiger partial charge in [0.1, 0.15) is 57.3 Å². The van der Waals surface area contributed by atoms with E-state index in [0.29, 0.717) is 5.57 Å². The van der Waals surface area contributed by atoms with Crippen LogP contribution in [0.4, 0.5) is 0 Å². The first-order valence-corrected chi connectivity index (χ1v) is 16.4. The van der Waals surface area contributed by atoms with E-state index in [9.17, 15) is 60.7 Å². The Hall–Kier alpha value is -6.14. The second kappa shape index (κ2) is 14.2. The summed E-state index contributed by atoms with van der Waals surface area (Å²) >= 11 is 0. The molecule has 3 atom stereocenters. The van der Waals surface area contributed by atoms with Crippen LogP contribution in [0.5, 0.6) is 51.7 Å². The maximum atomic E-state index is 14.5. The summed E-state index contributed by atoms with van der Waals surface area (Å²) in [4.78, 5) is 28.8. The molecule has 4 aromatic carbocycles. The number of carbonyl (C=O) groups excluding carboxylic acids is 2. The van der Waals surface area contributed by atoms with Crippen molar-refractivity contribution < 1.29 is 60.7 Å². The van der Waals surface area contributed by atoms with Gasteiger partial charge in [-0.3, -0.25) is 9.59 Å². The van der Waals surface area contributed by atoms with Crippen molar-refractivity contribution in [3.05, 3.63) is 106 Å². The molecule has 0 saturated heterocycles. The predicted octanol–water partition coefficient (Wildman–Crippen LogP) is 6.57. The number of hydrogen-bond donors (Lipinski definition) is 10. The topological polar surface area (TPSA) is 236 Å². The molecule has 0 fully saturated rings. The minimum absolute atomic E-state index is 0.0327. The maximum Gasteiger partial charge on any atom is 0.196 e. The van der Waals surface area contributed by atoms with E-state index in [4.69, 9.17) is 0 Å². The van der Waals surface area contributed by atoms with Crippen molar-refractivity contribution in [2.45, 2.75) is 57.5 Å². The van der Waals surface area contributed by atoms with Gasteiger partial charge in [-0.2, -0.15) is 0 Å². The third-order valence-corrected chi connectivity index (χ3v) is 9.29. The van der Waals surface area contributed by atoms with Gasteiger partial charge in [0.05, 0.1) is 11.2 Å². The summed E-state index contributed by atoms with van der Waals surface area (Å²) in [5.74, 6) is -9.51. The summed E-state index contributed by atoms with van der Waals surface area (Å²) in [6.45, 7) is 4.76.